The Bertz CT molecular complexity index is 956. The third-order valence-corrected chi connectivity index (χ3v) is 4.90. The molecule has 0 saturated heterocycles. The van der Waals surface area contributed by atoms with Gasteiger partial charge in [-0.05, 0) is 57.0 Å². The second kappa shape index (κ2) is 9.29. The Morgan fingerprint density at radius 2 is 1.94 bits per heavy atom. The number of hydrogen-bond donors (Lipinski definition) is 2. The molecule has 1 heterocycles. The number of ether oxygens (including phenoxy) is 2. The van der Waals surface area contributed by atoms with Gasteiger partial charge in [-0.1, -0.05) is 26.0 Å². The van der Waals surface area contributed by atoms with Gasteiger partial charge in [-0.3, -0.25) is 4.79 Å². The molecule has 0 saturated carbocycles. The van der Waals surface area contributed by atoms with Crippen LogP contribution in [0, 0.1) is 11.3 Å². The van der Waals surface area contributed by atoms with E-state index in [1.807, 2.05) is 32.9 Å². The molecule has 0 aromatic heterocycles. The van der Waals surface area contributed by atoms with Gasteiger partial charge in [0.1, 0.15) is 18.1 Å². The van der Waals surface area contributed by atoms with Gasteiger partial charge in [-0.15, -0.1) is 0 Å². The van der Waals surface area contributed by atoms with Crippen LogP contribution in [0.1, 0.15) is 34.6 Å². The Labute approximate surface area is 183 Å². The highest BCUT2D eigenvalue weighted by atomic mass is 16.5. The second-order valence-corrected chi connectivity index (χ2v) is 8.67. The molecular formula is C24H31N3O4. The van der Waals surface area contributed by atoms with Crippen LogP contribution in [0.5, 0.6) is 11.5 Å². The van der Waals surface area contributed by atoms with Gasteiger partial charge in [0.25, 0.3) is 0 Å². The molecule has 0 unspecified atom stereocenters. The summed E-state index contributed by atoms with van der Waals surface area (Å²) in [7, 11) is 0. The van der Waals surface area contributed by atoms with Crippen LogP contribution in [0.15, 0.2) is 42.5 Å². The van der Waals surface area contributed by atoms with Crippen LogP contribution in [-0.4, -0.2) is 31.7 Å². The molecule has 31 heavy (non-hydrogen) atoms. The average Bonchev–Trinajstić information content (AvgIpc) is 2.80. The lowest BCUT2D eigenvalue weighted by Crippen LogP contribution is -2.43. The van der Waals surface area contributed by atoms with Crippen molar-refractivity contribution in [2.24, 2.45) is 11.3 Å². The molecule has 3 rings (SSSR count). The number of amides is 3. The molecule has 7 heteroatoms. The topological polar surface area (TPSA) is 79.9 Å². The van der Waals surface area contributed by atoms with E-state index in [0.29, 0.717) is 48.3 Å². The number of nitrogens with one attached hydrogen (secondary N) is 2. The fourth-order valence-corrected chi connectivity index (χ4v) is 3.41. The number of benzene rings is 2. The maximum absolute atomic E-state index is 13.2. The summed E-state index contributed by atoms with van der Waals surface area (Å²) in [5.41, 5.74) is 1.17. The maximum atomic E-state index is 13.2. The average molecular weight is 426 g/mol. The largest absolute Gasteiger partial charge is 0.492 e. The van der Waals surface area contributed by atoms with Crippen molar-refractivity contribution in [3.63, 3.8) is 0 Å². The Hall–Kier alpha value is -3.22. The van der Waals surface area contributed by atoms with E-state index in [1.165, 1.54) is 0 Å². The minimum absolute atomic E-state index is 0.00666. The van der Waals surface area contributed by atoms with Crippen LogP contribution in [0.4, 0.5) is 21.9 Å². The van der Waals surface area contributed by atoms with Gasteiger partial charge >= 0.3 is 6.03 Å². The Balaban J connectivity index is 1.84. The van der Waals surface area contributed by atoms with Crippen molar-refractivity contribution >= 4 is 29.0 Å². The van der Waals surface area contributed by atoms with Gasteiger partial charge in [0.15, 0.2) is 0 Å². The smallest absolute Gasteiger partial charge is 0.323 e. The van der Waals surface area contributed by atoms with Gasteiger partial charge in [-0.25, -0.2) is 4.79 Å². The Morgan fingerprint density at radius 1 is 1.19 bits per heavy atom. The number of hydrogen-bond acceptors (Lipinski definition) is 4. The van der Waals surface area contributed by atoms with E-state index < -0.39 is 11.4 Å². The third-order valence-electron chi connectivity index (χ3n) is 4.90. The lowest BCUT2D eigenvalue weighted by Gasteiger charge is -2.29. The first-order chi connectivity index (χ1) is 14.7. The minimum atomic E-state index is -0.637. The summed E-state index contributed by atoms with van der Waals surface area (Å²) in [6, 6.07) is 12.2. The number of urea groups is 1. The number of carbonyl (C=O) groups excluding carboxylic acids is 2. The van der Waals surface area contributed by atoms with E-state index in [0.717, 1.165) is 0 Å². The van der Waals surface area contributed by atoms with Crippen molar-refractivity contribution in [3.8, 4) is 11.5 Å². The van der Waals surface area contributed by atoms with E-state index in [9.17, 15) is 9.59 Å². The summed E-state index contributed by atoms with van der Waals surface area (Å²) >= 11 is 0. The molecular weight excluding hydrogens is 394 g/mol. The van der Waals surface area contributed by atoms with Gasteiger partial charge in [0.05, 0.1) is 23.4 Å². The first-order valence-electron chi connectivity index (χ1n) is 10.6. The van der Waals surface area contributed by atoms with Crippen molar-refractivity contribution in [1.29, 1.82) is 0 Å². The summed E-state index contributed by atoms with van der Waals surface area (Å²) < 4.78 is 11.5. The molecule has 7 nitrogen and oxygen atoms in total. The van der Waals surface area contributed by atoms with E-state index >= 15 is 0 Å². The molecule has 2 aromatic rings. The molecule has 1 aliphatic rings. The molecule has 0 atom stereocenters. The summed E-state index contributed by atoms with van der Waals surface area (Å²) in [4.78, 5) is 27.5. The van der Waals surface area contributed by atoms with Crippen LogP contribution < -0.4 is 25.0 Å². The second-order valence-electron chi connectivity index (χ2n) is 8.67. The van der Waals surface area contributed by atoms with Gasteiger partial charge in [0.2, 0.25) is 5.91 Å². The van der Waals surface area contributed by atoms with Crippen LogP contribution in [-0.2, 0) is 4.79 Å². The summed E-state index contributed by atoms with van der Waals surface area (Å²) in [5.74, 6) is 1.52. The molecule has 1 aliphatic heterocycles. The van der Waals surface area contributed by atoms with Crippen LogP contribution in [0.2, 0.25) is 0 Å². The molecule has 0 bridgehead atoms. The summed E-state index contributed by atoms with van der Waals surface area (Å²) in [6.45, 7) is 11.2. The van der Waals surface area contributed by atoms with Crippen molar-refractivity contribution < 1.29 is 19.1 Å². The highest BCUT2D eigenvalue weighted by Gasteiger charge is 2.38. The van der Waals surface area contributed by atoms with Crippen molar-refractivity contribution in [2.75, 3.05) is 35.3 Å². The van der Waals surface area contributed by atoms with Crippen molar-refractivity contribution in [2.45, 2.75) is 34.6 Å². The zero-order chi connectivity index (χ0) is 22.6. The van der Waals surface area contributed by atoms with Gasteiger partial charge in [0, 0.05) is 12.2 Å². The highest BCUT2D eigenvalue weighted by molar-refractivity contribution is 6.03. The van der Waals surface area contributed by atoms with Crippen molar-refractivity contribution in [3.05, 3.63) is 42.5 Å². The molecule has 0 aliphatic carbocycles. The van der Waals surface area contributed by atoms with E-state index in [-0.39, 0.29) is 11.8 Å². The van der Waals surface area contributed by atoms with Crippen LogP contribution in [0.3, 0.4) is 0 Å². The fraction of sp³-hybridized carbons (Fsp3) is 0.417. The Kier molecular flexibility index (Phi) is 6.73. The number of anilines is 3. The lowest BCUT2D eigenvalue weighted by atomic mass is 9.92. The quantitative estimate of drug-likeness (QED) is 0.672. The zero-order valence-electron chi connectivity index (χ0n) is 18.8. The molecule has 0 spiro atoms. The molecule has 166 valence electrons. The molecule has 2 aromatic carbocycles. The monoisotopic (exact) mass is 425 g/mol. The number of fused-ring (bicyclic) bond motifs is 1. The summed E-state index contributed by atoms with van der Waals surface area (Å²) in [6.07, 6.45) is 0. The number of nitrogens with zero attached hydrogens (tertiary/aromatic N) is 1. The van der Waals surface area contributed by atoms with Gasteiger partial charge in [-0.2, -0.15) is 0 Å². The molecule has 3 amide bonds. The normalized spacial score (nSPS) is 15.0. The maximum Gasteiger partial charge on any atom is 0.323 e. The van der Waals surface area contributed by atoms with E-state index in [1.54, 1.807) is 35.2 Å². The van der Waals surface area contributed by atoms with E-state index in [2.05, 4.69) is 24.5 Å². The first-order valence-corrected chi connectivity index (χ1v) is 10.6. The number of rotatable bonds is 6. The standard InChI is InChI=1S/C24H31N3O4/c1-6-30-20-10-8-7-9-18(20)26-23(29)25-17-11-12-21-19(13-17)27(14-16(2)3)22(28)24(4,5)15-31-21/h7-13,16H,6,14-15H2,1-5H3,(H2,25,26,29). The third kappa shape index (κ3) is 5.29. The lowest BCUT2D eigenvalue weighted by molar-refractivity contribution is -0.127. The predicted molar refractivity (Wildman–Crippen MR) is 123 cm³/mol. The zero-order valence-corrected chi connectivity index (χ0v) is 18.8. The van der Waals surface area contributed by atoms with Crippen molar-refractivity contribution in [1.82, 2.24) is 0 Å². The van der Waals surface area contributed by atoms with E-state index in [4.69, 9.17) is 9.47 Å². The highest BCUT2D eigenvalue weighted by Crippen LogP contribution is 2.38. The molecule has 0 radical (unpaired) electrons. The molecule has 2 N–H and O–H groups in total. The number of para-hydroxylation sites is 2. The molecule has 0 fully saturated rings. The Morgan fingerprint density at radius 3 is 2.65 bits per heavy atom. The SMILES string of the molecule is CCOc1ccccc1NC(=O)Nc1ccc2c(c1)N(CC(C)C)C(=O)C(C)(C)CO2. The first kappa shape index (κ1) is 22.5. The summed E-state index contributed by atoms with van der Waals surface area (Å²) in [5, 5.41) is 5.66. The minimum Gasteiger partial charge on any atom is -0.492 e. The van der Waals surface area contributed by atoms with Crippen LogP contribution >= 0.6 is 0 Å². The predicted octanol–water partition coefficient (Wildman–Crippen LogP) is 5.14. The fourth-order valence-electron chi connectivity index (χ4n) is 3.41. The van der Waals surface area contributed by atoms with Gasteiger partial charge < -0.3 is 25.0 Å². The van der Waals surface area contributed by atoms with Crippen LogP contribution in [0.25, 0.3) is 0 Å². The number of carbonyl (C=O) groups is 2.